The van der Waals surface area contributed by atoms with Crippen molar-refractivity contribution in [3.63, 3.8) is 0 Å². The first-order valence-corrected chi connectivity index (χ1v) is 9.24. The van der Waals surface area contributed by atoms with Gasteiger partial charge in [0.15, 0.2) is 5.82 Å². The minimum atomic E-state index is -0.358. The van der Waals surface area contributed by atoms with Gasteiger partial charge < -0.3 is 0 Å². The van der Waals surface area contributed by atoms with Crippen LogP contribution < -0.4 is 4.90 Å². The van der Waals surface area contributed by atoms with Crippen molar-refractivity contribution >= 4 is 55.9 Å². The summed E-state index contributed by atoms with van der Waals surface area (Å²) in [4.78, 5) is 15.3. The molecule has 1 amide bonds. The number of fused-ring (bicyclic) bond motifs is 2. The number of hydrogen-bond acceptors (Lipinski definition) is 2. The van der Waals surface area contributed by atoms with Gasteiger partial charge in [-0.15, -0.1) is 0 Å². The van der Waals surface area contributed by atoms with E-state index in [1.165, 1.54) is 0 Å². The lowest BCUT2D eigenvalue weighted by molar-refractivity contribution is -0.122. The lowest BCUT2D eigenvalue weighted by Crippen LogP contribution is -2.37. The summed E-state index contributed by atoms with van der Waals surface area (Å²) in [5, 5.41) is 4.31. The molecule has 2 heterocycles. The Morgan fingerprint density at radius 2 is 2.05 bits per heavy atom. The van der Waals surface area contributed by atoms with E-state index in [-0.39, 0.29) is 11.3 Å². The van der Waals surface area contributed by atoms with Gasteiger partial charge in [0, 0.05) is 17.1 Å². The highest BCUT2D eigenvalue weighted by molar-refractivity contribution is 14.1. The summed E-state index contributed by atoms with van der Waals surface area (Å²) in [7, 11) is 1.89. The molecular formula is C16H15BrIN3O. The highest BCUT2D eigenvalue weighted by Crippen LogP contribution is 2.55. The van der Waals surface area contributed by atoms with E-state index in [2.05, 4.69) is 43.6 Å². The van der Waals surface area contributed by atoms with Gasteiger partial charge in [0.25, 0.3) is 0 Å². The Hall–Kier alpha value is -0.890. The number of rotatable bonds is 1. The number of aryl methyl sites for hydroxylation is 1. The van der Waals surface area contributed by atoms with Crippen molar-refractivity contribution in [2.45, 2.75) is 31.1 Å². The van der Waals surface area contributed by atoms with Crippen LogP contribution in [0.5, 0.6) is 0 Å². The molecule has 1 spiro atoms. The van der Waals surface area contributed by atoms with Crippen LogP contribution in [-0.4, -0.2) is 15.7 Å². The van der Waals surface area contributed by atoms with E-state index in [1.54, 1.807) is 10.9 Å². The van der Waals surface area contributed by atoms with Crippen LogP contribution in [0.1, 0.15) is 31.2 Å². The third-order valence-electron chi connectivity index (χ3n) is 4.86. The molecule has 1 aromatic heterocycles. The number of benzene rings is 1. The van der Waals surface area contributed by atoms with Gasteiger partial charge in [-0.25, -0.2) is 0 Å². The van der Waals surface area contributed by atoms with Gasteiger partial charge in [0.1, 0.15) is 0 Å². The van der Waals surface area contributed by atoms with Gasteiger partial charge in [-0.2, -0.15) is 5.10 Å². The summed E-state index contributed by atoms with van der Waals surface area (Å²) in [6.07, 6.45) is 5.91. The maximum atomic E-state index is 13.4. The van der Waals surface area contributed by atoms with Gasteiger partial charge in [-0.1, -0.05) is 34.8 Å². The van der Waals surface area contributed by atoms with Crippen molar-refractivity contribution in [1.82, 2.24) is 9.78 Å². The van der Waals surface area contributed by atoms with Crippen LogP contribution in [0.3, 0.4) is 0 Å². The lowest BCUT2D eigenvalue weighted by atomic mass is 9.80. The zero-order chi connectivity index (χ0) is 15.5. The summed E-state index contributed by atoms with van der Waals surface area (Å²) in [5.41, 5.74) is 1.81. The van der Waals surface area contributed by atoms with Crippen molar-refractivity contribution in [1.29, 1.82) is 0 Å². The molecule has 2 aromatic rings. The number of nitrogens with zero attached hydrogens (tertiary/aromatic N) is 3. The summed E-state index contributed by atoms with van der Waals surface area (Å²) >= 11 is 5.94. The summed E-state index contributed by atoms with van der Waals surface area (Å²) in [5.74, 6) is 1.07. The van der Waals surface area contributed by atoms with Gasteiger partial charge >= 0.3 is 0 Å². The monoisotopic (exact) mass is 471 g/mol. The molecule has 4 nitrogen and oxygen atoms in total. The average Bonchev–Trinajstić information content (AvgIpc) is 3.15. The topological polar surface area (TPSA) is 38.1 Å². The largest absolute Gasteiger partial charge is 0.273 e. The molecule has 0 unspecified atom stereocenters. The second-order valence-electron chi connectivity index (χ2n) is 6.00. The zero-order valence-electron chi connectivity index (χ0n) is 12.1. The van der Waals surface area contributed by atoms with Crippen LogP contribution in [0.2, 0.25) is 0 Å². The predicted octanol–water partition coefficient (Wildman–Crippen LogP) is 4.28. The third kappa shape index (κ3) is 1.79. The molecule has 1 aromatic carbocycles. The van der Waals surface area contributed by atoms with Crippen molar-refractivity contribution in [3.05, 3.63) is 38.0 Å². The fourth-order valence-corrected chi connectivity index (χ4v) is 5.36. The minimum Gasteiger partial charge on any atom is -0.273 e. The van der Waals surface area contributed by atoms with E-state index in [0.717, 1.165) is 50.8 Å². The maximum Gasteiger partial charge on any atom is 0.243 e. The van der Waals surface area contributed by atoms with Gasteiger partial charge in [0.2, 0.25) is 5.91 Å². The normalized spacial score (nSPS) is 19.2. The first-order chi connectivity index (χ1) is 10.6. The molecule has 1 aliphatic heterocycles. The third-order valence-corrected chi connectivity index (χ3v) is 6.28. The molecular weight excluding hydrogens is 457 g/mol. The van der Waals surface area contributed by atoms with E-state index >= 15 is 0 Å². The van der Waals surface area contributed by atoms with E-state index in [1.807, 2.05) is 30.1 Å². The van der Waals surface area contributed by atoms with Crippen molar-refractivity contribution in [2.75, 3.05) is 4.90 Å². The summed E-state index contributed by atoms with van der Waals surface area (Å²) < 4.78 is 3.83. The highest BCUT2D eigenvalue weighted by atomic mass is 127. The smallest absolute Gasteiger partial charge is 0.243 e. The molecule has 0 radical (unpaired) electrons. The molecule has 0 bridgehead atoms. The standard InChI is InChI=1S/C16H15BrIN3O/c1-20-14(11(18)9-19-20)21-12-6-4-5-10(17)13(12)16(15(21)22)7-2-3-8-16/h4-6,9H,2-3,7-8H2,1H3. The number of carbonyl (C=O) groups is 1. The molecule has 1 fully saturated rings. The van der Waals surface area contributed by atoms with Crippen molar-refractivity contribution in [3.8, 4) is 0 Å². The first kappa shape index (κ1) is 14.7. The Balaban J connectivity index is 2.00. The maximum absolute atomic E-state index is 13.4. The van der Waals surface area contributed by atoms with Gasteiger partial charge in [0.05, 0.1) is 20.9 Å². The Labute approximate surface area is 151 Å². The lowest BCUT2D eigenvalue weighted by Gasteiger charge is -2.24. The quantitative estimate of drug-likeness (QED) is 0.582. The van der Waals surface area contributed by atoms with Crippen LogP contribution in [0.15, 0.2) is 28.9 Å². The zero-order valence-corrected chi connectivity index (χ0v) is 15.9. The van der Waals surface area contributed by atoms with Crippen LogP contribution in [0.25, 0.3) is 0 Å². The number of amides is 1. The number of halogens is 2. The summed E-state index contributed by atoms with van der Waals surface area (Å²) in [6, 6.07) is 6.10. The predicted molar refractivity (Wildman–Crippen MR) is 97.4 cm³/mol. The van der Waals surface area contributed by atoms with E-state index in [9.17, 15) is 4.79 Å². The van der Waals surface area contributed by atoms with E-state index < -0.39 is 0 Å². The van der Waals surface area contributed by atoms with E-state index in [0.29, 0.717) is 0 Å². The molecule has 4 rings (SSSR count). The molecule has 114 valence electrons. The second-order valence-corrected chi connectivity index (χ2v) is 8.02. The Bertz CT molecular complexity index is 760. The van der Waals surface area contributed by atoms with Crippen LogP contribution in [0, 0.1) is 3.57 Å². The number of anilines is 2. The fourth-order valence-electron chi connectivity index (χ4n) is 3.91. The van der Waals surface area contributed by atoms with Crippen LogP contribution in [0.4, 0.5) is 11.5 Å². The van der Waals surface area contributed by atoms with Crippen molar-refractivity contribution < 1.29 is 4.79 Å². The molecule has 0 atom stereocenters. The number of carbonyl (C=O) groups excluding carboxylic acids is 1. The Morgan fingerprint density at radius 1 is 1.32 bits per heavy atom. The minimum absolute atomic E-state index is 0.202. The second kappa shape index (κ2) is 5.06. The SMILES string of the molecule is Cn1ncc(I)c1N1C(=O)C2(CCCC2)c2c(Br)cccc21. The molecule has 1 aliphatic carbocycles. The fraction of sp³-hybridized carbons (Fsp3) is 0.375. The van der Waals surface area contributed by atoms with Crippen LogP contribution in [-0.2, 0) is 17.3 Å². The average molecular weight is 472 g/mol. The summed E-state index contributed by atoms with van der Waals surface area (Å²) in [6.45, 7) is 0. The molecule has 2 aliphatic rings. The molecule has 22 heavy (non-hydrogen) atoms. The number of aromatic nitrogens is 2. The Morgan fingerprint density at radius 3 is 2.68 bits per heavy atom. The van der Waals surface area contributed by atoms with Crippen LogP contribution >= 0.6 is 38.5 Å². The molecule has 0 N–H and O–H groups in total. The Kier molecular flexibility index (Phi) is 3.38. The molecule has 1 saturated carbocycles. The van der Waals surface area contributed by atoms with Gasteiger partial charge in [-0.3, -0.25) is 14.4 Å². The highest BCUT2D eigenvalue weighted by Gasteiger charge is 2.54. The van der Waals surface area contributed by atoms with Gasteiger partial charge in [-0.05, 0) is 47.6 Å². The number of hydrogen-bond donors (Lipinski definition) is 0. The first-order valence-electron chi connectivity index (χ1n) is 7.37. The van der Waals surface area contributed by atoms with Crippen molar-refractivity contribution in [2.24, 2.45) is 7.05 Å². The van der Waals surface area contributed by atoms with E-state index in [4.69, 9.17) is 0 Å². The molecule has 0 saturated heterocycles. The molecule has 6 heteroatoms.